The van der Waals surface area contributed by atoms with Gasteiger partial charge in [0, 0.05) is 43.9 Å². The van der Waals surface area contributed by atoms with E-state index in [-0.39, 0.29) is 17.8 Å². The summed E-state index contributed by atoms with van der Waals surface area (Å²) in [6.45, 7) is 5.65. The predicted octanol–water partition coefficient (Wildman–Crippen LogP) is 3.53. The van der Waals surface area contributed by atoms with Gasteiger partial charge in [-0.05, 0) is 68.5 Å². The van der Waals surface area contributed by atoms with E-state index in [9.17, 15) is 9.90 Å². The number of pyridine rings is 1. The minimum absolute atomic E-state index is 0.0896. The fourth-order valence-electron chi connectivity index (χ4n) is 4.83. The first-order chi connectivity index (χ1) is 16.0. The van der Waals surface area contributed by atoms with E-state index in [4.69, 9.17) is 9.15 Å². The van der Waals surface area contributed by atoms with E-state index in [2.05, 4.69) is 21.3 Å². The number of piperidine rings is 1. The van der Waals surface area contributed by atoms with Gasteiger partial charge in [-0.2, -0.15) is 0 Å². The predicted molar refractivity (Wildman–Crippen MR) is 125 cm³/mol. The number of aromatic nitrogens is 1. The first-order valence-electron chi connectivity index (χ1n) is 11.8. The van der Waals surface area contributed by atoms with Crippen molar-refractivity contribution in [1.82, 2.24) is 15.2 Å². The molecule has 2 aliphatic heterocycles. The number of hydrogen-bond acceptors (Lipinski definition) is 6. The molecule has 0 bridgehead atoms. The van der Waals surface area contributed by atoms with Crippen molar-refractivity contribution in [2.75, 3.05) is 26.2 Å². The molecule has 1 aromatic carbocycles. The van der Waals surface area contributed by atoms with Gasteiger partial charge in [0.25, 0.3) is 5.91 Å². The zero-order valence-electron chi connectivity index (χ0n) is 19.0. The van der Waals surface area contributed by atoms with Gasteiger partial charge in [-0.25, -0.2) is 0 Å². The lowest BCUT2D eigenvalue weighted by Gasteiger charge is -2.38. The van der Waals surface area contributed by atoms with Gasteiger partial charge in [-0.15, -0.1) is 0 Å². The third-order valence-corrected chi connectivity index (χ3v) is 6.81. The molecule has 2 saturated heterocycles. The third kappa shape index (κ3) is 4.95. The Bertz CT molecular complexity index is 1130. The van der Waals surface area contributed by atoms with Gasteiger partial charge in [-0.3, -0.25) is 14.7 Å². The molecule has 3 aromatic rings. The molecule has 33 heavy (non-hydrogen) atoms. The SMILES string of the molecule is Cc1cccc(CN2CCC(O)(c3ccc4oc(C(=O)NCC5CCCO5)cc4c3)CC2)n1. The summed E-state index contributed by atoms with van der Waals surface area (Å²) in [5.74, 6) is 0.0487. The molecule has 2 aliphatic rings. The van der Waals surface area contributed by atoms with Crippen molar-refractivity contribution < 1.29 is 19.1 Å². The Morgan fingerprint density at radius 1 is 1.24 bits per heavy atom. The van der Waals surface area contributed by atoms with E-state index >= 15 is 0 Å². The molecule has 1 unspecified atom stereocenters. The van der Waals surface area contributed by atoms with Gasteiger partial charge in [-0.1, -0.05) is 12.1 Å². The molecule has 5 rings (SSSR count). The van der Waals surface area contributed by atoms with Crippen LogP contribution in [0.5, 0.6) is 0 Å². The van der Waals surface area contributed by atoms with Gasteiger partial charge in [0.15, 0.2) is 5.76 Å². The summed E-state index contributed by atoms with van der Waals surface area (Å²) in [4.78, 5) is 19.4. The number of furan rings is 1. The first-order valence-corrected chi connectivity index (χ1v) is 11.8. The summed E-state index contributed by atoms with van der Waals surface area (Å²) in [6.07, 6.45) is 3.40. The average Bonchev–Trinajstić information content (AvgIpc) is 3.48. The summed E-state index contributed by atoms with van der Waals surface area (Å²) in [5, 5.41) is 15.1. The van der Waals surface area contributed by atoms with Crippen LogP contribution in [0.1, 0.15) is 53.2 Å². The molecule has 2 fully saturated rings. The number of aliphatic hydroxyl groups is 1. The van der Waals surface area contributed by atoms with Crippen LogP contribution >= 0.6 is 0 Å². The number of fused-ring (bicyclic) bond motifs is 1. The Kier molecular flexibility index (Phi) is 6.19. The maximum absolute atomic E-state index is 12.5. The molecule has 0 spiro atoms. The van der Waals surface area contributed by atoms with Crippen LogP contribution in [0, 0.1) is 6.92 Å². The van der Waals surface area contributed by atoms with Gasteiger partial charge >= 0.3 is 0 Å². The number of hydrogen-bond donors (Lipinski definition) is 2. The molecule has 7 nitrogen and oxygen atoms in total. The molecule has 0 aliphatic carbocycles. The van der Waals surface area contributed by atoms with Crippen molar-refractivity contribution >= 4 is 16.9 Å². The highest BCUT2D eigenvalue weighted by atomic mass is 16.5. The molecule has 0 radical (unpaired) electrons. The van der Waals surface area contributed by atoms with Gasteiger partial charge in [0.05, 0.1) is 17.4 Å². The van der Waals surface area contributed by atoms with Crippen LogP contribution in [0.15, 0.2) is 46.9 Å². The Balaban J connectivity index is 1.23. The lowest BCUT2D eigenvalue weighted by Crippen LogP contribution is -2.42. The van der Waals surface area contributed by atoms with Crippen LogP contribution in [0.25, 0.3) is 11.0 Å². The number of aryl methyl sites for hydroxylation is 1. The minimum atomic E-state index is -0.885. The number of amides is 1. The van der Waals surface area contributed by atoms with Crippen LogP contribution in [0.3, 0.4) is 0 Å². The van der Waals surface area contributed by atoms with Crippen molar-refractivity contribution in [2.24, 2.45) is 0 Å². The number of nitrogens with zero attached hydrogens (tertiary/aromatic N) is 2. The van der Waals surface area contributed by atoms with Crippen molar-refractivity contribution in [1.29, 1.82) is 0 Å². The van der Waals surface area contributed by atoms with Gasteiger partial charge < -0.3 is 19.6 Å². The molecule has 1 atom stereocenters. The van der Waals surface area contributed by atoms with Crippen molar-refractivity contribution in [3.8, 4) is 0 Å². The van der Waals surface area contributed by atoms with Crippen LogP contribution in [0.2, 0.25) is 0 Å². The van der Waals surface area contributed by atoms with Crippen molar-refractivity contribution in [2.45, 2.75) is 50.9 Å². The standard InChI is InChI=1S/C26H31N3O4/c1-18-4-2-5-21(28-18)17-29-11-9-26(31,10-12-29)20-7-8-23-19(14-20)15-24(33-23)25(30)27-16-22-6-3-13-32-22/h2,4-5,7-8,14-15,22,31H,3,6,9-13,16-17H2,1H3,(H,27,30). The smallest absolute Gasteiger partial charge is 0.287 e. The number of ether oxygens (including phenoxy) is 1. The Morgan fingerprint density at radius 3 is 2.85 bits per heavy atom. The Labute approximate surface area is 193 Å². The number of benzene rings is 1. The normalized spacial score (nSPS) is 20.8. The zero-order valence-corrected chi connectivity index (χ0v) is 19.0. The summed E-state index contributed by atoms with van der Waals surface area (Å²) in [7, 11) is 0. The lowest BCUT2D eigenvalue weighted by atomic mass is 9.84. The number of carbonyl (C=O) groups is 1. The molecule has 174 valence electrons. The van der Waals surface area contributed by atoms with Crippen LogP contribution in [-0.4, -0.2) is 53.2 Å². The molecule has 2 aromatic heterocycles. The summed E-state index contributed by atoms with van der Waals surface area (Å²) < 4.78 is 11.3. The van der Waals surface area contributed by atoms with Crippen LogP contribution < -0.4 is 5.32 Å². The minimum Gasteiger partial charge on any atom is -0.451 e. The number of likely N-dealkylation sites (tertiary alicyclic amines) is 1. The van der Waals surface area contributed by atoms with Crippen molar-refractivity contribution in [3.05, 3.63) is 65.2 Å². The van der Waals surface area contributed by atoms with E-state index in [1.807, 2.05) is 37.3 Å². The van der Waals surface area contributed by atoms with E-state index in [0.717, 1.165) is 61.4 Å². The number of carbonyl (C=O) groups excluding carboxylic acids is 1. The highest BCUT2D eigenvalue weighted by molar-refractivity contribution is 5.96. The molecule has 0 saturated carbocycles. The number of rotatable bonds is 6. The summed E-state index contributed by atoms with van der Waals surface area (Å²) in [5.41, 5.74) is 2.72. The van der Waals surface area contributed by atoms with E-state index in [1.165, 1.54) is 0 Å². The van der Waals surface area contributed by atoms with Crippen molar-refractivity contribution in [3.63, 3.8) is 0 Å². The highest BCUT2D eigenvalue weighted by Crippen LogP contribution is 2.35. The fourth-order valence-corrected chi connectivity index (χ4v) is 4.83. The Morgan fingerprint density at radius 2 is 2.09 bits per heavy atom. The Hall–Kier alpha value is -2.74. The molecule has 1 amide bonds. The molecular weight excluding hydrogens is 418 g/mol. The average molecular weight is 450 g/mol. The number of nitrogens with one attached hydrogen (secondary N) is 1. The topological polar surface area (TPSA) is 87.8 Å². The maximum Gasteiger partial charge on any atom is 0.287 e. The second-order valence-electron chi connectivity index (χ2n) is 9.29. The van der Waals surface area contributed by atoms with Gasteiger partial charge in [0.2, 0.25) is 0 Å². The molecule has 7 heteroatoms. The fraction of sp³-hybridized carbons (Fsp3) is 0.462. The first kappa shape index (κ1) is 22.1. The van der Waals surface area contributed by atoms with E-state index in [1.54, 1.807) is 6.07 Å². The molecular formula is C26H31N3O4. The highest BCUT2D eigenvalue weighted by Gasteiger charge is 2.34. The van der Waals surface area contributed by atoms with Gasteiger partial charge in [0.1, 0.15) is 5.58 Å². The van der Waals surface area contributed by atoms with E-state index < -0.39 is 5.60 Å². The summed E-state index contributed by atoms with van der Waals surface area (Å²) >= 11 is 0. The zero-order chi connectivity index (χ0) is 22.8. The van der Waals surface area contributed by atoms with Crippen LogP contribution in [0.4, 0.5) is 0 Å². The molecule has 2 N–H and O–H groups in total. The second kappa shape index (κ2) is 9.25. The maximum atomic E-state index is 12.5. The van der Waals surface area contributed by atoms with E-state index in [0.29, 0.717) is 25.0 Å². The monoisotopic (exact) mass is 449 g/mol. The second-order valence-corrected chi connectivity index (χ2v) is 9.29. The quantitative estimate of drug-likeness (QED) is 0.599. The van der Waals surface area contributed by atoms with Crippen LogP contribution in [-0.2, 0) is 16.9 Å². The largest absolute Gasteiger partial charge is 0.451 e. The molecule has 4 heterocycles. The lowest BCUT2D eigenvalue weighted by molar-refractivity contribution is -0.0278. The summed E-state index contributed by atoms with van der Waals surface area (Å²) in [6, 6.07) is 13.6. The third-order valence-electron chi connectivity index (χ3n) is 6.81.